The number of amides is 2. The van der Waals surface area contributed by atoms with Crippen LogP contribution in [0.4, 0.5) is 10.5 Å². The van der Waals surface area contributed by atoms with Gasteiger partial charge in [-0.05, 0) is 52.0 Å². The second-order valence-corrected chi connectivity index (χ2v) is 7.60. The molecular weight excluding hydrogens is 338 g/mol. The van der Waals surface area contributed by atoms with E-state index in [2.05, 4.69) is 34.7 Å². The summed E-state index contributed by atoms with van der Waals surface area (Å²) in [5, 5.41) is 0. The van der Waals surface area contributed by atoms with Gasteiger partial charge in [0.2, 0.25) is 0 Å². The summed E-state index contributed by atoms with van der Waals surface area (Å²) in [5.41, 5.74) is 0.926. The zero-order chi connectivity index (χ0) is 19.2. The summed E-state index contributed by atoms with van der Waals surface area (Å²) in [7, 11) is 6.05. The van der Waals surface area contributed by atoms with Crippen LogP contribution < -0.4 is 4.90 Å². The molecule has 27 heavy (non-hydrogen) atoms. The largest absolute Gasteiger partial charge is 0.335 e. The average Bonchev–Trinajstić information content (AvgIpc) is 3.16. The third kappa shape index (κ3) is 4.89. The minimum absolute atomic E-state index is 0.0663. The molecule has 0 bridgehead atoms. The van der Waals surface area contributed by atoms with E-state index in [0.717, 1.165) is 57.0 Å². The van der Waals surface area contributed by atoms with E-state index in [-0.39, 0.29) is 6.03 Å². The number of rotatable bonds is 6. The standard InChI is InChI=1S/C21H31N5O/c1-23(2)13-8-15-25-16-12-22-20(25)18-9-7-14-26(17-18)21(27)24(3)19-10-5-4-6-11-19/h4-6,10-12,16,18H,7-9,13-15,17H2,1-3H3. The van der Waals surface area contributed by atoms with Crippen molar-refractivity contribution >= 4 is 11.7 Å². The number of piperidine rings is 1. The van der Waals surface area contributed by atoms with Crippen LogP contribution in [0.1, 0.15) is 31.0 Å². The first-order valence-corrected chi connectivity index (χ1v) is 9.79. The Morgan fingerprint density at radius 2 is 2.00 bits per heavy atom. The third-order valence-corrected chi connectivity index (χ3v) is 5.24. The normalized spacial score (nSPS) is 17.3. The first kappa shape index (κ1) is 19.4. The number of hydrogen-bond acceptors (Lipinski definition) is 3. The number of hydrogen-bond donors (Lipinski definition) is 0. The number of anilines is 1. The fourth-order valence-electron chi connectivity index (χ4n) is 3.76. The van der Waals surface area contributed by atoms with Crippen LogP contribution in [0.25, 0.3) is 0 Å². The van der Waals surface area contributed by atoms with Gasteiger partial charge in [-0.15, -0.1) is 0 Å². The molecule has 6 nitrogen and oxygen atoms in total. The van der Waals surface area contributed by atoms with E-state index in [9.17, 15) is 4.79 Å². The zero-order valence-electron chi connectivity index (χ0n) is 16.7. The highest BCUT2D eigenvalue weighted by molar-refractivity contribution is 5.91. The fraction of sp³-hybridized carbons (Fsp3) is 0.524. The summed E-state index contributed by atoms with van der Waals surface area (Å²) in [6, 6.07) is 9.89. The molecule has 1 aliphatic heterocycles. The first-order valence-electron chi connectivity index (χ1n) is 9.79. The molecule has 3 rings (SSSR count). The van der Waals surface area contributed by atoms with Gasteiger partial charge >= 0.3 is 6.03 Å². The summed E-state index contributed by atoms with van der Waals surface area (Å²) in [5.74, 6) is 1.43. The summed E-state index contributed by atoms with van der Waals surface area (Å²) in [6.07, 6.45) is 7.17. The number of benzene rings is 1. The Balaban J connectivity index is 1.64. The number of carbonyl (C=O) groups excluding carboxylic acids is 1. The molecule has 146 valence electrons. The number of nitrogens with zero attached hydrogens (tertiary/aromatic N) is 5. The first-order chi connectivity index (χ1) is 13.1. The van der Waals surface area contributed by atoms with Gasteiger partial charge in [-0.3, -0.25) is 4.90 Å². The molecule has 1 saturated heterocycles. The molecule has 6 heteroatoms. The molecule has 1 fully saturated rings. The topological polar surface area (TPSA) is 44.6 Å². The van der Waals surface area contributed by atoms with E-state index >= 15 is 0 Å². The monoisotopic (exact) mass is 369 g/mol. The lowest BCUT2D eigenvalue weighted by Crippen LogP contribution is -2.46. The number of aromatic nitrogens is 2. The van der Waals surface area contributed by atoms with Crippen molar-refractivity contribution in [2.45, 2.75) is 31.7 Å². The number of para-hydroxylation sites is 1. The number of urea groups is 1. The van der Waals surface area contributed by atoms with Gasteiger partial charge in [-0.25, -0.2) is 9.78 Å². The van der Waals surface area contributed by atoms with Crippen molar-refractivity contribution in [3.8, 4) is 0 Å². The maximum Gasteiger partial charge on any atom is 0.324 e. The molecule has 2 heterocycles. The molecule has 1 aliphatic rings. The van der Waals surface area contributed by atoms with Crippen LogP contribution in [0, 0.1) is 0 Å². The van der Waals surface area contributed by atoms with Crippen molar-refractivity contribution in [2.75, 3.05) is 45.7 Å². The Morgan fingerprint density at radius 3 is 2.74 bits per heavy atom. The predicted octanol–water partition coefficient (Wildman–Crippen LogP) is 3.27. The van der Waals surface area contributed by atoms with Crippen LogP contribution in [0.15, 0.2) is 42.7 Å². The Bertz CT molecular complexity index is 727. The lowest BCUT2D eigenvalue weighted by Gasteiger charge is -2.35. The van der Waals surface area contributed by atoms with Gasteiger partial charge < -0.3 is 14.4 Å². The summed E-state index contributed by atoms with van der Waals surface area (Å²) in [6.45, 7) is 3.59. The number of carbonyl (C=O) groups is 1. The van der Waals surface area contributed by atoms with Gasteiger partial charge in [0.1, 0.15) is 5.82 Å². The molecule has 0 spiro atoms. The van der Waals surface area contributed by atoms with Crippen molar-refractivity contribution < 1.29 is 4.79 Å². The van der Waals surface area contributed by atoms with Gasteiger partial charge in [0.15, 0.2) is 0 Å². The number of likely N-dealkylation sites (tertiary alicyclic amines) is 1. The lowest BCUT2D eigenvalue weighted by molar-refractivity contribution is 0.185. The molecule has 1 aromatic heterocycles. The van der Waals surface area contributed by atoms with Crippen molar-refractivity contribution in [1.82, 2.24) is 19.4 Å². The van der Waals surface area contributed by atoms with E-state index in [0.29, 0.717) is 5.92 Å². The minimum Gasteiger partial charge on any atom is -0.335 e. The van der Waals surface area contributed by atoms with Gasteiger partial charge in [-0.1, -0.05) is 18.2 Å². The van der Waals surface area contributed by atoms with Gasteiger partial charge in [-0.2, -0.15) is 0 Å². The Labute approximate surface area is 162 Å². The lowest BCUT2D eigenvalue weighted by atomic mass is 9.97. The smallest absolute Gasteiger partial charge is 0.324 e. The molecule has 2 aromatic rings. The highest BCUT2D eigenvalue weighted by Gasteiger charge is 2.29. The Morgan fingerprint density at radius 1 is 1.22 bits per heavy atom. The van der Waals surface area contributed by atoms with Crippen LogP contribution in [0.5, 0.6) is 0 Å². The molecule has 0 saturated carbocycles. The average molecular weight is 370 g/mol. The highest BCUT2D eigenvalue weighted by atomic mass is 16.2. The molecule has 0 radical (unpaired) electrons. The van der Waals surface area contributed by atoms with Crippen LogP contribution in [-0.2, 0) is 6.54 Å². The maximum atomic E-state index is 13.0. The molecule has 1 aromatic carbocycles. The molecule has 1 atom stereocenters. The SMILES string of the molecule is CN(C)CCCn1ccnc1C1CCCN(C(=O)N(C)c2ccccc2)C1. The number of aryl methyl sites for hydroxylation is 1. The predicted molar refractivity (Wildman–Crippen MR) is 109 cm³/mol. The van der Waals surface area contributed by atoms with Crippen molar-refractivity contribution in [3.63, 3.8) is 0 Å². The molecule has 2 amide bonds. The van der Waals surface area contributed by atoms with E-state index in [1.165, 1.54) is 0 Å². The fourth-order valence-corrected chi connectivity index (χ4v) is 3.76. The summed E-state index contributed by atoms with van der Waals surface area (Å²) < 4.78 is 2.27. The molecule has 0 aliphatic carbocycles. The van der Waals surface area contributed by atoms with Crippen LogP contribution in [0.2, 0.25) is 0 Å². The van der Waals surface area contributed by atoms with Gasteiger partial charge in [0, 0.05) is 50.7 Å². The van der Waals surface area contributed by atoms with Gasteiger partial charge in [0.25, 0.3) is 0 Å². The van der Waals surface area contributed by atoms with E-state index in [4.69, 9.17) is 0 Å². The summed E-state index contributed by atoms with van der Waals surface area (Å²) >= 11 is 0. The Kier molecular flexibility index (Phi) is 6.50. The third-order valence-electron chi connectivity index (χ3n) is 5.24. The quantitative estimate of drug-likeness (QED) is 0.785. The van der Waals surface area contributed by atoms with Crippen molar-refractivity contribution in [2.24, 2.45) is 0 Å². The van der Waals surface area contributed by atoms with Crippen molar-refractivity contribution in [1.29, 1.82) is 0 Å². The van der Waals surface area contributed by atoms with E-state index < -0.39 is 0 Å². The second-order valence-electron chi connectivity index (χ2n) is 7.60. The van der Waals surface area contributed by atoms with Crippen LogP contribution in [0.3, 0.4) is 0 Å². The molecular formula is C21H31N5O. The number of imidazole rings is 1. The van der Waals surface area contributed by atoms with E-state index in [1.807, 2.05) is 48.5 Å². The van der Waals surface area contributed by atoms with Crippen LogP contribution in [-0.4, -0.2) is 66.2 Å². The maximum absolute atomic E-state index is 13.0. The highest BCUT2D eigenvalue weighted by Crippen LogP contribution is 2.27. The minimum atomic E-state index is 0.0663. The van der Waals surface area contributed by atoms with Crippen molar-refractivity contribution in [3.05, 3.63) is 48.5 Å². The van der Waals surface area contributed by atoms with Gasteiger partial charge in [0.05, 0.1) is 0 Å². The molecule has 1 unspecified atom stereocenters. The zero-order valence-corrected chi connectivity index (χ0v) is 16.7. The Hall–Kier alpha value is -2.34. The van der Waals surface area contributed by atoms with E-state index in [1.54, 1.807) is 4.90 Å². The second kappa shape index (κ2) is 9.04. The summed E-state index contributed by atoms with van der Waals surface area (Å²) in [4.78, 5) is 23.5. The molecule has 0 N–H and O–H groups in total. The van der Waals surface area contributed by atoms with Crippen LogP contribution >= 0.6 is 0 Å².